The summed E-state index contributed by atoms with van der Waals surface area (Å²) in [5, 5.41) is 10.4. The van der Waals surface area contributed by atoms with Crippen LogP contribution in [0.3, 0.4) is 0 Å². The zero-order chi connectivity index (χ0) is 14.0. The molecule has 1 fully saturated rings. The van der Waals surface area contributed by atoms with Crippen LogP contribution >= 0.6 is 0 Å². The van der Waals surface area contributed by atoms with Crippen LogP contribution < -0.4 is 0 Å². The summed E-state index contributed by atoms with van der Waals surface area (Å²) in [5.41, 5.74) is 3.51. The van der Waals surface area contributed by atoms with E-state index >= 15 is 0 Å². The summed E-state index contributed by atoms with van der Waals surface area (Å²) in [7, 11) is 0. The topological polar surface area (TPSA) is 32.7 Å². The van der Waals surface area contributed by atoms with E-state index < -0.39 is 6.10 Å². The molecule has 3 heteroatoms. The molecule has 1 aromatic rings. The Labute approximate surface area is 116 Å². The number of hydrogen-bond donors (Lipinski definition) is 1. The molecule has 1 aliphatic rings. The van der Waals surface area contributed by atoms with Crippen molar-refractivity contribution in [3.05, 3.63) is 34.9 Å². The van der Waals surface area contributed by atoms with Gasteiger partial charge in [0.2, 0.25) is 0 Å². The maximum absolute atomic E-state index is 10.4. The minimum atomic E-state index is -0.420. The molecule has 2 rings (SSSR count). The number of ether oxygens (including phenoxy) is 1. The van der Waals surface area contributed by atoms with Crippen LogP contribution in [0.2, 0.25) is 0 Å². The van der Waals surface area contributed by atoms with E-state index in [-0.39, 0.29) is 12.2 Å². The van der Waals surface area contributed by atoms with Gasteiger partial charge < -0.3 is 9.84 Å². The zero-order valence-corrected chi connectivity index (χ0v) is 12.4. The van der Waals surface area contributed by atoms with E-state index in [9.17, 15) is 5.11 Å². The van der Waals surface area contributed by atoms with Crippen LogP contribution in [0.15, 0.2) is 18.2 Å². The second-order valence-corrected chi connectivity index (χ2v) is 5.84. The van der Waals surface area contributed by atoms with Crippen LogP contribution in [0.5, 0.6) is 0 Å². The third-order valence-corrected chi connectivity index (χ3v) is 3.84. The standard InChI is InChI=1S/C16H25NO2/c1-11-5-6-15(7-12(11)2)16(18)10-17-8-13(3)19-14(4)9-17/h5-7,13-14,16,18H,8-10H2,1-4H3/t13-,14+,16?. The molecule has 1 heterocycles. The summed E-state index contributed by atoms with van der Waals surface area (Å²) in [5.74, 6) is 0. The molecule has 19 heavy (non-hydrogen) atoms. The fraction of sp³-hybridized carbons (Fsp3) is 0.625. The molecule has 0 bridgehead atoms. The molecule has 1 saturated heterocycles. The van der Waals surface area contributed by atoms with Crippen molar-refractivity contribution >= 4 is 0 Å². The lowest BCUT2D eigenvalue weighted by molar-refractivity contribution is -0.0767. The third kappa shape index (κ3) is 3.78. The molecular weight excluding hydrogens is 238 g/mol. The molecule has 0 radical (unpaired) electrons. The smallest absolute Gasteiger partial charge is 0.0917 e. The molecule has 3 atom stereocenters. The van der Waals surface area contributed by atoms with Gasteiger partial charge in [0, 0.05) is 19.6 Å². The highest BCUT2D eigenvalue weighted by atomic mass is 16.5. The first kappa shape index (κ1) is 14.5. The van der Waals surface area contributed by atoms with E-state index in [1.807, 2.05) is 6.07 Å². The van der Waals surface area contributed by atoms with Gasteiger partial charge in [0.25, 0.3) is 0 Å². The van der Waals surface area contributed by atoms with E-state index in [4.69, 9.17) is 4.74 Å². The molecule has 1 aromatic carbocycles. The molecule has 0 saturated carbocycles. The fourth-order valence-corrected chi connectivity index (χ4v) is 2.76. The maximum Gasteiger partial charge on any atom is 0.0917 e. The highest BCUT2D eigenvalue weighted by Crippen LogP contribution is 2.20. The molecular formula is C16H25NO2. The Morgan fingerprint density at radius 1 is 1.21 bits per heavy atom. The van der Waals surface area contributed by atoms with E-state index in [2.05, 4.69) is 44.7 Å². The Balaban J connectivity index is 2.00. The van der Waals surface area contributed by atoms with Crippen molar-refractivity contribution in [1.82, 2.24) is 4.90 Å². The van der Waals surface area contributed by atoms with Crippen LogP contribution in [-0.2, 0) is 4.74 Å². The van der Waals surface area contributed by atoms with Gasteiger partial charge in [-0.3, -0.25) is 4.90 Å². The fourth-order valence-electron chi connectivity index (χ4n) is 2.76. The summed E-state index contributed by atoms with van der Waals surface area (Å²) >= 11 is 0. The van der Waals surface area contributed by atoms with Crippen molar-refractivity contribution in [3.63, 3.8) is 0 Å². The first-order valence-corrected chi connectivity index (χ1v) is 7.08. The highest BCUT2D eigenvalue weighted by Gasteiger charge is 2.24. The summed E-state index contributed by atoms with van der Waals surface area (Å²) in [6.45, 7) is 10.8. The van der Waals surface area contributed by atoms with Crippen LogP contribution in [0.4, 0.5) is 0 Å². The van der Waals surface area contributed by atoms with Gasteiger partial charge >= 0.3 is 0 Å². The largest absolute Gasteiger partial charge is 0.387 e. The molecule has 1 aliphatic heterocycles. The number of benzene rings is 1. The number of rotatable bonds is 3. The number of aliphatic hydroxyl groups is 1. The second kappa shape index (κ2) is 6.04. The minimum Gasteiger partial charge on any atom is -0.387 e. The second-order valence-electron chi connectivity index (χ2n) is 5.84. The number of morpholine rings is 1. The summed E-state index contributed by atoms with van der Waals surface area (Å²) < 4.78 is 5.72. The van der Waals surface area contributed by atoms with Gasteiger partial charge in [-0.05, 0) is 44.4 Å². The normalized spacial score (nSPS) is 26.4. The van der Waals surface area contributed by atoms with E-state index in [0.29, 0.717) is 6.54 Å². The van der Waals surface area contributed by atoms with Crippen molar-refractivity contribution in [3.8, 4) is 0 Å². The van der Waals surface area contributed by atoms with E-state index in [0.717, 1.165) is 18.7 Å². The number of β-amino-alcohol motifs (C(OH)–C–C–N with tert-alkyl or cyclic N) is 1. The van der Waals surface area contributed by atoms with Gasteiger partial charge in [0.1, 0.15) is 0 Å². The summed E-state index contributed by atoms with van der Waals surface area (Å²) in [6.07, 6.45) is 0.0724. The van der Waals surface area contributed by atoms with Crippen molar-refractivity contribution in [2.45, 2.75) is 46.0 Å². The predicted octanol–water partition coefficient (Wildman–Crippen LogP) is 2.45. The Morgan fingerprint density at radius 2 is 1.84 bits per heavy atom. The van der Waals surface area contributed by atoms with Crippen molar-refractivity contribution < 1.29 is 9.84 Å². The van der Waals surface area contributed by atoms with Crippen LogP contribution in [0.1, 0.15) is 36.6 Å². The van der Waals surface area contributed by atoms with Crippen LogP contribution in [-0.4, -0.2) is 41.8 Å². The predicted molar refractivity (Wildman–Crippen MR) is 77.3 cm³/mol. The number of aryl methyl sites for hydroxylation is 2. The van der Waals surface area contributed by atoms with Crippen molar-refractivity contribution in [2.75, 3.05) is 19.6 Å². The SMILES string of the molecule is Cc1ccc(C(O)CN2C[C@@H](C)O[C@@H](C)C2)cc1C. The zero-order valence-electron chi connectivity index (χ0n) is 12.4. The van der Waals surface area contributed by atoms with Crippen LogP contribution in [0, 0.1) is 13.8 Å². The van der Waals surface area contributed by atoms with Crippen molar-refractivity contribution in [1.29, 1.82) is 0 Å². The van der Waals surface area contributed by atoms with Gasteiger partial charge in [0.15, 0.2) is 0 Å². The Morgan fingerprint density at radius 3 is 2.42 bits per heavy atom. The molecule has 0 spiro atoms. The van der Waals surface area contributed by atoms with Gasteiger partial charge in [0.05, 0.1) is 18.3 Å². The molecule has 1 N–H and O–H groups in total. The Kier molecular flexibility index (Phi) is 4.61. The summed E-state index contributed by atoms with van der Waals surface area (Å²) in [4.78, 5) is 2.29. The lowest BCUT2D eigenvalue weighted by Gasteiger charge is -2.36. The Bertz CT molecular complexity index is 423. The third-order valence-electron chi connectivity index (χ3n) is 3.84. The number of nitrogens with zero attached hydrogens (tertiary/aromatic N) is 1. The monoisotopic (exact) mass is 263 g/mol. The Hall–Kier alpha value is -0.900. The molecule has 0 aromatic heterocycles. The van der Waals surface area contributed by atoms with Crippen molar-refractivity contribution in [2.24, 2.45) is 0 Å². The van der Waals surface area contributed by atoms with Crippen LogP contribution in [0.25, 0.3) is 0 Å². The quantitative estimate of drug-likeness (QED) is 0.909. The molecule has 0 aliphatic carbocycles. The summed E-state index contributed by atoms with van der Waals surface area (Å²) in [6, 6.07) is 6.20. The molecule has 106 valence electrons. The first-order valence-electron chi connectivity index (χ1n) is 7.08. The molecule has 3 nitrogen and oxygen atoms in total. The minimum absolute atomic E-state index is 0.246. The number of hydrogen-bond acceptors (Lipinski definition) is 3. The lowest BCUT2D eigenvalue weighted by atomic mass is 10.0. The average molecular weight is 263 g/mol. The van der Waals surface area contributed by atoms with Gasteiger partial charge in [-0.15, -0.1) is 0 Å². The highest BCUT2D eigenvalue weighted by molar-refractivity contribution is 5.31. The van der Waals surface area contributed by atoms with Gasteiger partial charge in [-0.1, -0.05) is 18.2 Å². The van der Waals surface area contributed by atoms with E-state index in [1.165, 1.54) is 11.1 Å². The maximum atomic E-state index is 10.4. The van der Waals surface area contributed by atoms with Gasteiger partial charge in [-0.25, -0.2) is 0 Å². The first-order chi connectivity index (χ1) is 8.95. The molecule has 1 unspecified atom stereocenters. The molecule has 0 amide bonds. The van der Waals surface area contributed by atoms with Gasteiger partial charge in [-0.2, -0.15) is 0 Å². The number of aliphatic hydroxyl groups excluding tert-OH is 1. The average Bonchev–Trinajstić information content (AvgIpc) is 2.31. The van der Waals surface area contributed by atoms with E-state index in [1.54, 1.807) is 0 Å². The lowest BCUT2D eigenvalue weighted by Crippen LogP contribution is -2.46.